The zero-order valence-electron chi connectivity index (χ0n) is 11.7. The molecule has 0 aromatic heterocycles. The van der Waals surface area contributed by atoms with Crippen LogP contribution in [-0.4, -0.2) is 39.0 Å². The number of hydrogen-bond donors (Lipinski definition) is 1. The molecule has 1 fully saturated rings. The van der Waals surface area contributed by atoms with Crippen LogP contribution >= 0.6 is 0 Å². The maximum Gasteiger partial charge on any atom is 0.161 e. The van der Waals surface area contributed by atoms with Gasteiger partial charge in [0.15, 0.2) is 11.5 Å². The van der Waals surface area contributed by atoms with Crippen LogP contribution in [0.1, 0.15) is 19.8 Å². The van der Waals surface area contributed by atoms with Gasteiger partial charge in [-0.1, -0.05) is 12.1 Å². The second kappa shape index (κ2) is 7.36. The quantitative estimate of drug-likeness (QED) is 0.820. The summed E-state index contributed by atoms with van der Waals surface area (Å²) in [6.45, 7) is 4.11. The van der Waals surface area contributed by atoms with Gasteiger partial charge in [-0.3, -0.25) is 0 Å². The van der Waals surface area contributed by atoms with Crippen LogP contribution in [0.15, 0.2) is 24.3 Å². The molecule has 2 atom stereocenters. The number of hydrogen-bond acceptors (Lipinski definition) is 4. The Labute approximate surface area is 115 Å². The molecule has 0 spiro atoms. The smallest absolute Gasteiger partial charge is 0.161 e. The van der Waals surface area contributed by atoms with E-state index in [0.717, 1.165) is 30.9 Å². The van der Waals surface area contributed by atoms with E-state index in [4.69, 9.17) is 14.2 Å². The lowest BCUT2D eigenvalue weighted by Gasteiger charge is -2.16. The standard InChI is InChI=1S/C15H23NO3/c1-3-17-14-6-4-5-7-15(14)18-11-13-9-8-12(19-13)10-16-2/h4-7,12-13,16H,3,8-11H2,1-2H3. The Morgan fingerprint density at radius 3 is 2.53 bits per heavy atom. The van der Waals surface area contributed by atoms with Gasteiger partial charge in [0, 0.05) is 6.54 Å². The lowest BCUT2D eigenvalue weighted by molar-refractivity contribution is 0.0187. The third-order valence-electron chi connectivity index (χ3n) is 3.20. The molecule has 19 heavy (non-hydrogen) atoms. The zero-order valence-corrected chi connectivity index (χ0v) is 11.7. The van der Waals surface area contributed by atoms with Crippen LogP contribution in [0.3, 0.4) is 0 Å². The van der Waals surface area contributed by atoms with Gasteiger partial charge in [0.1, 0.15) is 6.61 Å². The molecule has 0 amide bonds. The van der Waals surface area contributed by atoms with Gasteiger partial charge in [-0.25, -0.2) is 0 Å². The molecule has 1 aromatic carbocycles. The van der Waals surface area contributed by atoms with E-state index < -0.39 is 0 Å². The molecule has 1 aliphatic heterocycles. The molecule has 2 unspecified atom stereocenters. The van der Waals surface area contributed by atoms with Crippen LogP contribution in [0.5, 0.6) is 11.5 Å². The molecule has 0 saturated carbocycles. The van der Waals surface area contributed by atoms with E-state index in [2.05, 4.69) is 5.32 Å². The van der Waals surface area contributed by atoms with Crippen LogP contribution in [0.2, 0.25) is 0 Å². The van der Waals surface area contributed by atoms with Crippen molar-refractivity contribution in [3.8, 4) is 11.5 Å². The summed E-state index contributed by atoms with van der Waals surface area (Å²) in [4.78, 5) is 0. The molecule has 1 saturated heterocycles. The maximum absolute atomic E-state index is 5.90. The largest absolute Gasteiger partial charge is 0.490 e. The molecule has 4 heteroatoms. The maximum atomic E-state index is 5.90. The Hall–Kier alpha value is -1.26. The second-order valence-corrected chi connectivity index (χ2v) is 4.71. The summed E-state index contributed by atoms with van der Waals surface area (Å²) in [5.41, 5.74) is 0. The predicted molar refractivity (Wildman–Crippen MR) is 74.9 cm³/mol. The molecule has 1 heterocycles. The van der Waals surface area contributed by atoms with Gasteiger partial charge in [0.05, 0.1) is 18.8 Å². The van der Waals surface area contributed by atoms with Gasteiger partial charge < -0.3 is 19.5 Å². The highest BCUT2D eigenvalue weighted by atomic mass is 16.6. The van der Waals surface area contributed by atoms with Crippen LogP contribution in [0.4, 0.5) is 0 Å². The van der Waals surface area contributed by atoms with E-state index in [-0.39, 0.29) is 6.10 Å². The van der Waals surface area contributed by atoms with E-state index in [1.165, 1.54) is 0 Å². The van der Waals surface area contributed by atoms with Crippen molar-refractivity contribution in [1.29, 1.82) is 0 Å². The van der Waals surface area contributed by atoms with E-state index in [9.17, 15) is 0 Å². The fraction of sp³-hybridized carbons (Fsp3) is 0.600. The van der Waals surface area contributed by atoms with Crippen LogP contribution < -0.4 is 14.8 Å². The molecule has 0 bridgehead atoms. The summed E-state index contributed by atoms with van der Waals surface area (Å²) in [6.07, 6.45) is 2.67. The molecule has 1 aliphatic rings. The molecule has 0 radical (unpaired) electrons. The molecule has 106 valence electrons. The van der Waals surface area contributed by atoms with Gasteiger partial charge in [-0.2, -0.15) is 0 Å². The first kappa shape index (κ1) is 14.2. The predicted octanol–water partition coefficient (Wildman–Crippen LogP) is 2.23. The summed E-state index contributed by atoms with van der Waals surface area (Å²) in [7, 11) is 1.95. The van der Waals surface area contributed by atoms with Gasteiger partial charge in [0.25, 0.3) is 0 Å². The SMILES string of the molecule is CCOc1ccccc1OCC1CCC(CNC)O1. The fourth-order valence-electron chi connectivity index (χ4n) is 2.31. The monoisotopic (exact) mass is 265 g/mol. The molecule has 1 N–H and O–H groups in total. The Balaban J connectivity index is 1.82. The highest BCUT2D eigenvalue weighted by molar-refractivity contribution is 5.39. The first-order chi connectivity index (χ1) is 9.33. The number of likely N-dealkylation sites (N-methyl/N-ethyl adjacent to an activating group) is 1. The summed E-state index contributed by atoms with van der Waals surface area (Å²) < 4.78 is 17.3. The van der Waals surface area contributed by atoms with Gasteiger partial charge in [0.2, 0.25) is 0 Å². The fourth-order valence-corrected chi connectivity index (χ4v) is 2.31. The number of nitrogens with one attached hydrogen (secondary N) is 1. The number of rotatable bonds is 7. The van der Waals surface area contributed by atoms with Gasteiger partial charge in [-0.05, 0) is 38.9 Å². The van der Waals surface area contributed by atoms with E-state index >= 15 is 0 Å². The minimum Gasteiger partial charge on any atom is -0.490 e. The molecular weight excluding hydrogens is 242 g/mol. The zero-order chi connectivity index (χ0) is 13.5. The van der Waals surface area contributed by atoms with Crippen molar-refractivity contribution in [2.45, 2.75) is 32.0 Å². The van der Waals surface area contributed by atoms with Gasteiger partial charge >= 0.3 is 0 Å². The van der Waals surface area contributed by atoms with Crippen molar-refractivity contribution in [1.82, 2.24) is 5.32 Å². The number of benzene rings is 1. The van der Waals surface area contributed by atoms with Crippen molar-refractivity contribution in [3.05, 3.63) is 24.3 Å². The summed E-state index contributed by atoms with van der Waals surface area (Å²) in [5.74, 6) is 1.60. The average Bonchev–Trinajstić information content (AvgIpc) is 2.86. The third-order valence-corrected chi connectivity index (χ3v) is 3.20. The second-order valence-electron chi connectivity index (χ2n) is 4.71. The topological polar surface area (TPSA) is 39.7 Å². The normalized spacial score (nSPS) is 22.4. The van der Waals surface area contributed by atoms with Crippen molar-refractivity contribution in [2.75, 3.05) is 26.8 Å². The van der Waals surface area contributed by atoms with Crippen molar-refractivity contribution < 1.29 is 14.2 Å². The average molecular weight is 265 g/mol. The van der Waals surface area contributed by atoms with Crippen molar-refractivity contribution >= 4 is 0 Å². The Morgan fingerprint density at radius 2 is 1.84 bits per heavy atom. The number of ether oxygens (including phenoxy) is 3. The first-order valence-electron chi connectivity index (χ1n) is 6.98. The van der Waals surface area contributed by atoms with Crippen LogP contribution in [0, 0.1) is 0 Å². The Bertz CT molecular complexity index is 383. The highest BCUT2D eigenvalue weighted by Crippen LogP contribution is 2.28. The Kier molecular flexibility index (Phi) is 5.48. The molecule has 0 aliphatic carbocycles. The summed E-state index contributed by atoms with van der Waals surface area (Å²) in [6, 6.07) is 7.77. The van der Waals surface area contributed by atoms with Gasteiger partial charge in [-0.15, -0.1) is 0 Å². The molecular formula is C15H23NO3. The van der Waals surface area contributed by atoms with E-state index in [0.29, 0.717) is 19.3 Å². The third kappa shape index (κ3) is 4.11. The molecule has 2 rings (SSSR count). The van der Waals surface area contributed by atoms with Crippen LogP contribution in [-0.2, 0) is 4.74 Å². The first-order valence-corrected chi connectivity index (χ1v) is 6.98. The van der Waals surface area contributed by atoms with E-state index in [1.807, 2.05) is 38.2 Å². The summed E-state index contributed by atoms with van der Waals surface area (Å²) in [5, 5.41) is 3.14. The summed E-state index contributed by atoms with van der Waals surface area (Å²) >= 11 is 0. The molecule has 4 nitrogen and oxygen atoms in total. The minimum absolute atomic E-state index is 0.188. The van der Waals surface area contributed by atoms with E-state index in [1.54, 1.807) is 0 Å². The molecule has 1 aromatic rings. The van der Waals surface area contributed by atoms with Crippen LogP contribution in [0.25, 0.3) is 0 Å². The van der Waals surface area contributed by atoms with Crippen molar-refractivity contribution in [2.24, 2.45) is 0 Å². The number of para-hydroxylation sites is 2. The minimum atomic E-state index is 0.188. The Morgan fingerprint density at radius 1 is 1.16 bits per heavy atom. The highest BCUT2D eigenvalue weighted by Gasteiger charge is 2.25. The lowest BCUT2D eigenvalue weighted by atomic mass is 10.2. The lowest BCUT2D eigenvalue weighted by Crippen LogP contribution is -2.25. The van der Waals surface area contributed by atoms with Crippen molar-refractivity contribution in [3.63, 3.8) is 0 Å².